The van der Waals surface area contributed by atoms with E-state index in [0.29, 0.717) is 12.1 Å². The number of carbonyl (C=O) groups is 1. The van der Waals surface area contributed by atoms with Crippen LogP contribution < -0.4 is 5.32 Å². The fraction of sp³-hybridized carbons (Fsp3) is 0.462. The smallest absolute Gasteiger partial charge is 0.254 e. The van der Waals surface area contributed by atoms with Gasteiger partial charge in [0.25, 0.3) is 5.91 Å². The first-order valence-electron chi connectivity index (χ1n) is 6.21. The third-order valence-corrected chi connectivity index (χ3v) is 4.38. The molecule has 7 heteroatoms. The third kappa shape index (κ3) is 3.71. The molecule has 20 heavy (non-hydrogen) atoms. The minimum Gasteiger partial charge on any atom is -0.333 e. The Morgan fingerprint density at radius 2 is 2.10 bits per heavy atom. The Kier molecular flexibility index (Phi) is 5.56. The van der Waals surface area contributed by atoms with Crippen molar-refractivity contribution in [2.24, 2.45) is 0 Å². The quantitative estimate of drug-likeness (QED) is 0.881. The van der Waals surface area contributed by atoms with Gasteiger partial charge in [-0.05, 0) is 25.1 Å². The highest BCUT2D eigenvalue weighted by Gasteiger charge is 2.24. The summed E-state index contributed by atoms with van der Waals surface area (Å²) in [6.07, 6.45) is 1.14. The summed E-state index contributed by atoms with van der Waals surface area (Å²) in [5.41, 5.74) is 0.427. The molecule has 1 aromatic rings. The molecule has 0 radical (unpaired) electrons. The lowest BCUT2D eigenvalue weighted by molar-refractivity contribution is 0.0655. The monoisotopic (exact) mass is 318 g/mol. The molecule has 1 atom stereocenters. The lowest BCUT2D eigenvalue weighted by atomic mass is 10.1. The molecule has 1 heterocycles. The van der Waals surface area contributed by atoms with Crippen LogP contribution in [0.2, 0.25) is 0 Å². The molecule has 0 bridgehead atoms. The summed E-state index contributed by atoms with van der Waals surface area (Å²) in [5, 5.41) is 3.22. The number of nitrogens with zero attached hydrogens (tertiary/aromatic N) is 1. The highest BCUT2D eigenvalue weighted by Crippen LogP contribution is 2.15. The summed E-state index contributed by atoms with van der Waals surface area (Å²) in [4.78, 5) is 14.3. The Morgan fingerprint density at radius 3 is 2.70 bits per heavy atom. The van der Waals surface area contributed by atoms with Crippen LogP contribution in [0, 0.1) is 0 Å². The van der Waals surface area contributed by atoms with Crippen molar-refractivity contribution in [1.82, 2.24) is 10.2 Å². The van der Waals surface area contributed by atoms with E-state index in [0.717, 1.165) is 19.3 Å². The van der Waals surface area contributed by atoms with Crippen LogP contribution in [0.25, 0.3) is 0 Å². The maximum Gasteiger partial charge on any atom is 0.254 e. The second-order valence-corrected chi connectivity index (χ2v) is 6.87. The number of hydrogen-bond acceptors (Lipinski definition) is 4. The number of nitrogens with one attached hydrogen (secondary N) is 1. The maximum atomic E-state index is 12.4. The van der Waals surface area contributed by atoms with E-state index in [1.165, 1.54) is 12.1 Å². The lowest BCUT2D eigenvalue weighted by Gasteiger charge is -2.34. The first kappa shape index (κ1) is 16.9. The molecule has 1 fully saturated rings. The second kappa shape index (κ2) is 6.56. The van der Waals surface area contributed by atoms with Gasteiger partial charge in [-0.25, -0.2) is 8.42 Å². The van der Waals surface area contributed by atoms with Crippen LogP contribution >= 0.6 is 12.4 Å². The first-order chi connectivity index (χ1) is 8.89. The zero-order valence-corrected chi connectivity index (χ0v) is 13.1. The van der Waals surface area contributed by atoms with Crippen molar-refractivity contribution in [3.63, 3.8) is 0 Å². The molecule has 0 saturated carbocycles. The normalized spacial score (nSPS) is 19.3. The van der Waals surface area contributed by atoms with Gasteiger partial charge in [-0.1, -0.05) is 6.07 Å². The van der Waals surface area contributed by atoms with Crippen molar-refractivity contribution in [2.75, 3.05) is 25.9 Å². The van der Waals surface area contributed by atoms with Gasteiger partial charge in [-0.2, -0.15) is 0 Å². The van der Waals surface area contributed by atoms with E-state index < -0.39 is 9.84 Å². The van der Waals surface area contributed by atoms with Crippen LogP contribution in [0.3, 0.4) is 0 Å². The summed E-state index contributed by atoms with van der Waals surface area (Å²) in [6, 6.07) is 6.34. The molecule has 1 saturated heterocycles. The summed E-state index contributed by atoms with van der Waals surface area (Å²) >= 11 is 0. The maximum absolute atomic E-state index is 12.4. The van der Waals surface area contributed by atoms with Gasteiger partial charge in [0, 0.05) is 37.5 Å². The van der Waals surface area contributed by atoms with Crippen LogP contribution in [0.4, 0.5) is 0 Å². The molecular formula is C13H19ClN2O3S. The van der Waals surface area contributed by atoms with E-state index in [9.17, 15) is 13.2 Å². The number of amides is 1. The number of rotatable bonds is 2. The lowest BCUT2D eigenvalue weighted by Crippen LogP contribution is -2.52. The second-order valence-electron chi connectivity index (χ2n) is 4.85. The number of benzene rings is 1. The van der Waals surface area contributed by atoms with E-state index in [-0.39, 0.29) is 29.3 Å². The molecule has 5 nitrogen and oxygen atoms in total. The highest BCUT2D eigenvalue weighted by atomic mass is 35.5. The minimum atomic E-state index is -3.29. The van der Waals surface area contributed by atoms with Gasteiger partial charge < -0.3 is 10.2 Å². The van der Waals surface area contributed by atoms with E-state index in [2.05, 4.69) is 5.32 Å². The fourth-order valence-electron chi connectivity index (χ4n) is 2.17. The number of piperazine rings is 1. The Labute approximate surface area is 125 Å². The molecule has 2 rings (SSSR count). The van der Waals surface area contributed by atoms with Crippen LogP contribution in [0.1, 0.15) is 17.3 Å². The zero-order valence-electron chi connectivity index (χ0n) is 11.5. The van der Waals surface area contributed by atoms with Crippen LogP contribution in [0.5, 0.6) is 0 Å². The van der Waals surface area contributed by atoms with E-state index in [1.807, 2.05) is 6.92 Å². The van der Waals surface area contributed by atoms with Gasteiger partial charge in [0.1, 0.15) is 0 Å². The molecule has 0 spiro atoms. The van der Waals surface area contributed by atoms with Crippen molar-refractivity contribution in [3.05, 3.63) is 29.8 Å². The molecule has 1 amide bonds. The summed E-state index contributed by atoms with van der Waals surface area (Å²) in [5.74, 6) is -0.112. The van der Waals surface area contributed by atoms with E-state index in [1.54, 1.807) is 17.0 Å². The van der Waals surface area contributed by atoms with E-state index in [4.69, 9.17) is 0 Å². The van der Waals surface area contributed by atoms with Crippen molar-refractivity contribution in [1.29, 1.82) is 0 Å². The third-order valence-electron chi connectivity index (χ3n) is 3.27. The predicted molar refractivity (Wildman–Crippen MR) is 80.2 cm³/mol. The summed E-state index contributed by atoms with van der Waals surface area (Å²) in [6.45, 7) is 4.15. The number of sulfone groups is 1. The highest BCUT2D eigenvalue weighted by molar-refractivity contribution is 7.90. The SMILES string of the molecule is C[C@@H]1CNCCN1C(=O)c1cccc(S(C)(=O)=O)c1.Cl. The van der Waals surface area contributed by atoms with Gasteiger partial charge in [-0.15, -0.1) is 12.4 Å². The molecule has 1 aliphatic heterocycles. The van der Waals surface area contributed by atoms with Gasteiger partial charge in [0.2, 0.25) is 0 Å². The standard InChI is InChI=1S/C13H18N2O3S.ClH/c1-10-9-14-6-7-15(10)13(16)11-4-3-5-12(8-11)19(2,17)18;/h3-5,8,10,14H,6-7,9H2,1-2H3;1H/t10-;/m1./s1. The fourth-order valence-corrected chi connectivity index (χ4v) is 2.84. The molecule has 1 N–H and O–H groups in total. The van der Waals surface area contributed by atoms with Crippen molar-refractivity contribution >= 4 is 28.2 Å². The predicted octanol–water partition coefficient (Wildman–Crippen LogP) is 0.946. The van der Waals surface area contributed by atoms with Gasteiger partial charge in [0.05, 0.1) is 4.90 Å². The molecule has 1 aliphatic rings. The number of carbonyl (C=O) groups excluding carboxylic acids is 1. The zero-order chi connectivity index (χ0) is 14.0. The van der Waals surface area contributed by atoms with Crippen LogP contribution in [-0.4, -0.2) is 51.2 Å². The van der Waals surface area contributed by atoms with Crippen LogP contribution in [0.15, 0.2) is 29.2 Å². The average molecular weight is 319 g/mol. The van der Waals surface area contributed by atoms with E-state index >= 15 is 0 Å². The van der Waals surface area contributed by atoms with Gasteiger partial charge in [0.15, 0.2) is 9.84 Å². The van der Waals surface area contributed by atoms with Crippen molar-refractivity contribution < 1.29 is 13.2 Å². The molecule has 0 aromatic heterocycles. The number of halogens is 1. The Balaban J connectivity index is 0.00000200. The van der Waals surface area contributed by atoms with Gasteiger partial charge >= 0.3 is 0 Å². The molecule has 112 valence electrons. The topological polar surface area (TPSA) is 66.5 Å². The molecule has 0 unspecified atom stereocenters. The Morgan fingerprint density at radius 1 is 1.40 bits per heavy atom. The van der Waals surface area contributed by atoms with Crippen LogP contribution in [-0.2, 0) is 9.84 Å². The van der Waals surface area contributed by atoms with Crippen molar-refractivity contribution in [2.45, 2.75) is 17.9 Å². The largest absolute Gasteiger partial charge is 0.333 e. The Bertz CT molecular complexity index is 589. The molecule has 0 aliphatic carbocycles. The molecular weight excluding hydrogens is 300 g/mol. The summed E-state index contributed by atoms with van der Waals surface area (Å²) < 4.78 is 23.0. The minimum absolute atomic E-state index is 0. The molecule has 1 aromatic carbocycles. The first-order valence-corrected chi connectivity index (χ1v) is 8.10. The van der Waals surface area contributed by atoms with Crippen molar-refractivity contribution in [3.8, 4) is 0 Å². The summed E-state index contributed by atoms with van der Waals surface area (Å²) in [7, 11) is -3.29. The number of hydrogen-bond donors (Lipinski definition) is 1. The van der Waals surface area contributed by atoms with Gasteiger partial charge in [-0.3, -0.25) is 4.79 Å². The Hall–Kier alpha value is -1.11. The average Bonchev–Trinajstić information content (AvgIpc) is 2.38.